The number of rotatable bonds is 2. The zero-order chi connectivity index (χ0) is 13.2. The molecule has 0 radical (unpaired) electrons. The maximum absolute atomic E-state index is 2.73. The first-order chi connectivity index (χ1) is 9.22. The van der Waals surface area contributed by atoms with Crippen LogP contribution in [0.2, 0.25) is 0 Å². The molecule has 1 saturated carbocycles. The summed E-state index contributed by atoms with van der Waals surface area (Å²) >= 11 is 0. The first kappa shape index (κ1) is 13.0. The van der Waals surface area contributed by atoms with Crippen LogP contribution in [0.3, 0.4) is 0 Å². The molecule has 104 valence electrons. The smallest absolute Gasteiger partial charge is 0.0367 e. The zero-order valence-corrected chi connectivity index (χ0v) is 12.3. The van der Waals surface area contributed by atoms with Crippen LogP contribution in [0.4, 0.5) is 5.69 Å². The highest BCUT2D eigenvalue weighted by atomic mass is 15.3. The van der Waals surface area contributed by atoms with Crippen LogP contribution in [0.1, 0.15) is 31.7 Å². The van der Waals surface area contributed by atoms with E-state index < -0.39 is 0 Å². The lowest BCUT2D eigenvalue weighted by Gasteiger charge is -2.39. The van der Waals surface area contributed by atoms with Crippen molar-refractivity contribution in [2.75, 3.05) is 31.1 Å². The molecule has 2 heteroatoms. The summed E-state index contributed by atoms with van der Waals surface area (Å²) in [6.45, 7) is 9.42. The second-order valence-corrected chi connectivity index (χ2v) is 6.43. The highest BCUT2D eigenvalue weighted by Gasteiger charge is 2.29. The van der Waals surface area contributed by atoms with E-state index in [9.17, 15) is 0 Å². The Morgan fingerprint density at radius 2 is 1.63 bits per heavy atom. The van der Waals surface area contributed by atoms with Gasteiger partial charge in [-0.2, -0.15) is 0 Å². The van der Waals surface area contributed by atoms with Crippen LogP contribution in [0, 0.1) is 12.8 Å². The number of anilines is 1. The largest absolute Gasteiger partial charge is 0.369 e. The number of benzene rings is 1. The number of nitrogens with zero attached hydrogens (tertiary/aromatic N) is 2. The molecule has 0 N–H and O–H groups in total. The molecular formula is C17H26N2. The van der Waals surface area contributed by atoms with Crippen molar-refractivity contribution >= 4 is 5.69 Å². The van der Waals surface area contributed by atoms with Crippen LogP contribution in [0.25, 0.3) is 0 Å². The van der Waals surface area contributed by atoms with E-state index in [-0.39, 0.29) is 0 Å². The van der Waals surface area contributed by atoms with Crippen molar-refractivity contribution in [3.05, 3.63) is 29.8 Å². The van der Waals surface area contributed by atoms with Crippen molar-refractivity contribution in [2.24, 2.45) is 5.92 Å². The van der Waals surface area contributed by atoms with Gasteiger partial charge in [-0.15, -0.1) is 0 Å². The average molecular weight is 258 g/mol. The topological polar surface area (TPSA) is 6.48 Å². The van der Waals surface area contributed by atoms with Gasteiger partial charge >= 0.3 is 0 Å². The monoisotopic (exact) mass is 258 g/mol. The molecule has 1 heterocycles. The fourth-order valence-corrected chi connectivity index (χ4v) is 3.61. The Morgan fingerprint density at radius 1 is 0.947 bits per heavy atom. The summed E-state index contributed by atoms with van der Waals surface area (Å²) in [7, 11) is 0. The Morgan fingerprint density at radius 3 is 2.21 bits per heavy atom. The summed E-state index contributed by atoms with van der Waals surface area (Å²) in [5.41, 5.74) is 2.74. The maximum Gasteiger partial charge on any atom is 0.0367 e. The minimum Gasteiger partial charge on any atom is -0.369 e. The average Bonchev–Trinajstić information content (AvgIpc) is 2.87. The summed E-state index contributed by atoms with van der Waals surface area (Å²) < 4.78 is 0. The van der Waals surface area contributed by atoms with Crippen molar-refractivity contribution < 1.29 is 0 Å². The van der Waals surface area contributed by atoms with E-state index in [4.69, 9.17) is 0 Å². The van der Waals surface area contributed by atoms with Crippen LogP contribution in [-0.2, 0) is 0 Å². The molecule has 19 heavy (non-hydrogen) atoms. The Balaban J connectivity index is 1.56. The number of hydrogen-bond donors (Lipinski definition) is 0. The SMILES string of the molecule is Cc1ccc(N2CCN(C3CCC(C)C3)CC2)cc1. The normalized spacial score (nSPS) is 28.8. The second-order valence-electron chi connectivity index (χ2n) is 6.43. The molecule has 0 bridgehead atoms. The molecule has 0 aromatic heterocycles. The molecule has 1 aromatic carbocycles. The molecule has 2 fully saturated rings. The van der Waals surface area contributed by atoms with Gasteiger partial charge in [-0.3, -0.25) is 4.90 Å². The Bertz CT molecular complexity index is 404. The Kier molecular flexibility index (Phi) is 3.79. The van der Waals surface area contributed by atoms with Crippen LogP contribution in [-0.4, -0.2) is 37.1 Å². The van der Waals surface area contributed by atoms with Crippen LogP contribution < -0.4 is 4.90 Å². The molecule has 2 aliphatic rings. The first-order valence-corrected chi connectivity index (χ1v) is 7.78. The standard InChI is InChI=1S/C17H26N2/c1-14-3-6-16(7-4-14)18-9-11-19(12-10-18)17-8-5-15(2)13-17/h3-4,6-7,15,17H,5,8-13H2,1-2H3. The van der Waals surface area contributed by atoms with E-state index in [1.54, 1.807) is 0 Å². The third kappa shape index (κ3) is 2.94. The fourth-order valence-electron chi connectivity index (χ4n) is 3.61. The van der Waals surface area contributed by atoms with E-state index in [0.29, 0.717) is 0 Å². The molecule has 0 spiro atoms. The number of piperazine rings is 1. The quantitative estimate of drug-likeness (QED) is 0.803. The van der Waals surface area contributed by atoms with Gasteiger partial charge < -0.3 is 4.90 Å². The first-order valence-electron chi connectivity index (χ1n) is 7.78. The van der Waals surface area contributed by atoms with E-state index >= 15 is 0 Å². The predicted molar refractivity (Wildman–Crippen MR) is 81.8 cm³/mol. The summed E-state index contributed by atoms with van der Waals surface area (Å²) in [6, 6.07) is 9.85. The third-order valence-electron chi connectivity index (χ3n) is 4.90. The lowest BCUT2D eigenvalue weighted by molar-refractivity contribution is 0.184. The van der Waals surface area contributed by atoms with Gasteiger partial charge in [0, 0.05) is 37.9 Å². The summed E-state index contributed by atoms with van der Waals surface area (Å²) in [6.07, 6.45) is 4.28. The Hall–Kier alpha value is -1.02. The van der Waals surface area contributed by atoms with Crippen molar-refractivity contribution in [3.8, 4) is 0 Å². The van der Waals surface area contributed by atoms with Crippen LogP contribution in [0.15, 0.2) is 24.3 Å². The molecule has 3 rings (SSSR count). The Labute approximate surface area is 117 Å². The summed E-state index contributed by atoms with van der Waals surface area (Å²) in [5.74, 6) is 0.945. The van der Waals surface area contributed by atoms with Gasteiger partial charge in [0.1, 0.15) is 0 Å². The maximum atomic E-state index is 2.73. The van der Waals surface area contributed by atoms with E-state index in [0.717, 1.165) is 12.0 Å². The summed E-state index contributed by atoms with van der Waals surface area (Å²) in [4.78, 5) is 5.27. The van der Waals surface area contributed by atoms with Crippen LogP contribution >= 0.6 is 0 Å². The lowest BCUT2D eigenvalue weighted by Crippen LogP contribution is -2.49. The van der Waals surface area contributed by atoms with Crippen molar-refractivity contribution in [3.63, 3.8) is 0 Å². The highest BCUT2D eigenvalue weighted by molar-refractivity contribution is 5.47. The summed E-state index contributed by atoms with van der Waals surface area (Å²) in [5, 5.41) is 0. The van der Waals surface area contributed by atoms with Gasteiger partial charge in [0.05, 0.1) is 0 Å². The number of aryl methyl sites for hydroxylation is 1. The minimum atomic E-state index is 0.871. The lowest BCUT2D eigenvalue weighted by atomic mass is 10.1. The highest BCUT2D eigenvalue weighted by Crippen LogP contribution is 2.29. The molecule has 2 atom stereocenters. The molecule has 2 unspecified atom stereocenters. The van der Waals surface area contributed by atoms with Gasteiger partial charge in [0.15, 0.2) is 0 Å². The third-order valence-corrected chi connectivity index (χ3v) is 4.90. The van der Waals surface area contributed by atoms with Gasteiger partial charge in [0.2, 0.25) is 0 Å². The van der Waals surface area contributed by atoms with Gasteiger partial charge in [-0.25, -0.2) is 0 Å². The molecule has 2 nitrogen and oxygen atoms in total. The van der Waals surface area contributed by atoms with E-state index in [1.807, 2.05) is 0 Å². The predicted octanol–water partition coefficient (Wildman–Crippen LogP) is 3.31. The minimum absolute atomic E-state index is 0.871. The molecule has 1 saturated heterocycles. The molecule has 1 aliphatic heterocycles. The van der Waals surface area contributed by atoms with Crippen LogP contribution in [0.5, 0.6) is 0 Å². The van der Waals surface area contributed by atoms with E-state index in [2.05, 4.69) is 47.9 Å². The molecular weight excluding hydrogens is 232 g/mol. The molecule has 1 aromatic rings. The van der Waals surface area contributed by atoms with E-state index in [1.165, 1.54) is 56.7 Å². The number of hydrogen-bond acceptors (Lipinski definition) is 2. The van der Waals surface area contributed by atoms with Gasteiger partial charge in [-0.05, 0) is 44.2 Å². The van der Waals surface area contributed by atoms with Gasteiger partial charge in [0.25, 0.3) is 0 Å². The van der Waals surface area contributed by atoms with Gasteiger partial charge in [-0.1, -0.05) is 24.6 Å². The molecule has 1 aliphatic carbocycles. The zero-order valence-electron chi connectivity index (χ0n) is 12.3. The second kappa shape index (κ2) is 5.54. The van der Waals surface area contributed by atoms with Crippen molar-refractivity contribution in [1.29, 1.82) is 0 Å². The van der Waals surface area contributed by atoms with Crippen molar-refractivity contribution in [1.82, 2.24) is 4.90 Å². The fraction of sp³-hybridized carbons (Fsp3) is 0.647. The van der Waals surface area contributed by atoms with Crippen molar-refractivity contribution in [2.45, 2.75) is 39.2 Å². The molecule has 0 amide bonds.